The number of benzene rings is 4. The molecule has 4 aromatic carbocycles. The number of aliphatic hydroxyl groups is 1. The van der Waals surface area contributed by atoms with Gasteiger partial charge in [0.25, 0.3) is 5.91 Å². The van der Waals surface area contributed by atoms with Crippen LogP contribution in [0.25, 0.3) is 0 Å². The summed E-state index contributed by atoms with van der Waals surface area (Å²) < 4.78 is 18.1. The quantitative estimate of drug-likeness (QED) is 0.130. The number of esters is 2. The second kappa shape index (κ2) is 13.6. The van der Waals surface area contributed by atoms with Crippen molar-refractivity contribution in [1.29, 1.82) is 0 Å². The Balaban J connectivity index is 1.31. The Morgan fingerprint density at radius 2 is 1.61 bits per heavy atom. The van der Waals surface area contributed by atoms with E-state index in [9.17, 15) is 19.5 Å². The van der Waals surface area contributed by atoms with Gasteiger partial charge >= 0.3 is 11.9 Å². The molecule has 0 aliphatic carbocycles. The molecule has 46 heavy (non-hydrogen) atoms. The molecule has 1 saturated heterocycles. The third-order valence-electron chi connectivity index (χ3n) is 8.23. The lowest BCUT2D eigenvalue weighted by Gasteiger charge is -2.44. The van der Waals surface area contributed by atoms with Crippen molar-refractivity contribution >= 4 is 23.5 Å². The van der Waals surface area contributed by atoms with E-state index in [2.05, 4.69) is 33.7 Å². The number of aliphatic hydroxyl groups excluding tert-OH is 1. The minimum absolute atomic E-state index is 0.0548. The SMILES string of the molecule is C=CCN(C)CC1OC(c2cccc(NC(=O)c3ccc4c(c3)C(=O)OC4=O)c2)OC(c2ccc(CO)cc2)C1c1ccccc1. The first-order valence-electron chi connectivity index (χ1n) is 15.0. The van der Waals surface area contributed by atoms with Gasteiger partial charge in [-0.25, -0.2) is 9.59 Å². The van der Waals surface area contributed by atoms with Crippen LogP contribution >= 0.6 is 0 Å². The maximum absolute atomic E-state index is 13.2. The zero-order valence-electron chi connectivity index (χ0n) is 25.3. The van der Waals surface area contributed by atoms with E-state index in [0.29, 0.717) is 24.3 Å². The summed E-state index contributed by atoms with van der Waals surface area (Å²) in [4.78, 5) is 39.1. The summed E-state index contributed by atoms with van der Waals surface area (Å²) in [5.41, 5.74) is 4.46. The summed E-state index contributed by atoms with van der Waals surface area (Å²) >= 11 is 0. The highest BCUT2D eigenvalue weighted by molar-refractivity contribution is 6.16. The largest absolute Gasteiger partial charge is 0.392 e. The highest BCUT2D eigenvalue weighted by Crippen LogP contribution is 2.47. The van der Waals surface area contributed by atoms with Gasteiger partial charge in [-0.05, 0) is 54.1 Å². The van der Waals surface area contributed by atoms with E-state index in [4.69, 9.17) is 9.47 Å². The Morgan fingerprint density at radius 3 is 2.35 bits per heavy atom. The molecule has 0 bridgehead atoms. The lowest BCUT2D eigenvalue weighted by molar-refractivity contribution is -0.263. The second-order valence-corrected chi connectivity index (χ2v) is 11.4. The van der Waals surface area contributed by atoms with Crippen molar-refractivity contribution < 1.29 is 33.7 Å². The van der Waals surface area contributed by atoms with Crippen molar-refractivity contribution in [3.8, 4) is 0 Å². The smallest absolute Gasteiger partial charge is 0.346 e. The molecule has 4 aromatic rings. The van der Waals surface area contributed by atoms with E-state index in [1.54, 1.807) is 12.1 Å². The Bertz CT molecular complexity index is 1760. The number of hydrogen-bond acceptors (Lipinski definition) is 8. The number of carbonyl (C=O) groups excluding carboxylic acids is 3. The van der Waals surface area contributed by atoms with Gasteiger partial charge in [0, 0.05) is 35.8 Å². The molecule has 2 aliphatic heterocycles. The maximum atomic E-state index is 13.2. The number of ether oxygens (including phenoxy) is 3. The number of nitrogens with zero attached hydrogens (tertiary/aromatic N) is 1. The molecule has 0 saturated carbocycles. The third-order valence-corrected chi connectivity index (χ3v) is 8.23. The maximum Gasteiger partial charge on any atom is 0.346 e. The predicted octanol–water partition coefficient (Wildman–Crippen LogP) is 5.80. The Morgan fingerprint density at radius 1 is 0.870 bits per heavy atom. The number of anilines is 1. The molecule has 1 amide bonds. The fourth-order valence-electron chi connectivity index (χ4n) is 5.96. The molecule has 0 spiro atoms. The molecule has 9 heteroatoms. The summed E-state index contributed by atoms with van der Waals surface area (Å²) in [7, 11) is 2.02. The average Bonchev–Trinajstić information content (AvgIpc) is 3.37. The molecule has 2 heterocycles. The summed E-state index contributed by atoms with van der Waals surface area (Å²) in [6.45, 7) is 5.12. The van der Waals surface area contributed by atoms with Gasteiger partial charge in [-0.15, -0.1) is 6.58 Å². The third kappa shape index (κ3) is 6.54. The van der Waals surface area contributed by atoms with Crippen LogP contribution in [0.2, 0.25) is 0 Å². The molecular weight excluding hydrogens is 584 g/mol. The Labute approximate surface area is 267 Å². The fraction of sp³-hybridized carbons (Fsp3) is 0.216. The number of likely N-dealkylation sites (N-methyl/N-ethyl adjacent to an activating group) is 1. The van der Waals surface area contributed by atoms with Crippen LogP contribution < -0.4 is 5.32 Å². The topological polar surface area (TPSA) is 114 Å². The molecule has 4 atom stereocenters. The Hall–Kier alpha value is -4.93. The minimum atomic E-state index is -0.772. The molecule has 4 unspecified atom stereocenters. The zero-order chi connectivity index (χ0) is 32.2. The van der Waals surface area contributed by atoms with Crippen molar-refractivity contribution in [3.05, 3.63) is 149 Å². The highest BCUT2D eigenvalue weighted by atomic mass is 16.7. The van der Waals surface area contributed by atoms with Crippen molar-refractivity contribution in [2.24, 2.45) is 0 Å². The van der Waals surface area contributed by atoms with Crippen molar-refractivity contribution in [1.82, 2.24) is 4.90 Å². The first-order valence-corrected chi connectivity index (χ1v) is 15.0. The van der Waals surface area contributed by atoms with Crippen LogP contribution in [0.1, 0.15) is 71.6 Å². The van der Waals surface area contributed by atoms with Crippen LogP contribution in [0, 0.1) is 0 Å². The van der Waals surface area contributed by atoms with Crippen LogP contribution in [0.5, 0.6) is 0 Å². The fourth-order valence-corrected chi connectivity index (χ4v) is 5.96. The van der Waals surface area contributed by atoms with Crippen LogP contribution in [0.4, 0.5) is 5.69 Å². The van der Waals surface area contributed by atoms with Gasteiger partial charge in [0.1, 0.15) is 0 Å². The molecule has 6 rings (SSSR count). The zero-order valence-corrected chi connectivity index (χ0v) is 25.3. The summed E-state index contributed by atoms with van der Waals surface area (Å²) in [6, 6.07) is 29.4. The van der Waals surface area contributed by atoms with Gasteiger partial charge in [0.05, 0.1) is 29.9 Å². The molecule has 0 radical (unpaired) electrons. The number of carbonyl (C=O) groups is 3. The molecule has 0 aromatic heterocycles. The molecule has 234 valence electrons. The molecule has 9 nitrogen and oxygen atoms in total. The highest BCUT2D eigenvalue weighted by Gasteiger charge is 2.42. The van der Waals surface area contributed by atoms with Crippen LogP contribution in [0.3, 0.4) is 0 Å². The lowest BCUT2D eigenvalue weighted by atomic mass is 9.83. The summed E-state index contributed by atoms with van der Waals surface area (Å²) in [6.07, 6.45) is 0.430. The number of rotatable bonds is 10. The van der Waals surface area contributed by atoms with Crippen molar-refractivity contribution in [2.45, 2.75) is 31.0 Å². The van der Waals surface area contributed by atoms with E-state index < -0.39 is 24.1 Å². The number of cyclic esters (lactones) is 2. The summed E-state index contributed by atoms with van der Waals surface area (Å²) in [5, 5.41) is 12.5. The number of fused-ring (bicyclic) bond motifs is 1. The van der Waals surface area contributed by atoms with Gasteiger partial charge in [-0.3, -0.25) is 4.79 Å². The van der Waals surface area contributed by atoms with Crippen LogP contribution in [-0.4, -0.2) is 54.1 Å². The van der Waals surface area contributed by atoms with Gasteiger partial charge in [0.15, 0.2) is 6.29 Å². The predicted molar refractivity (Wildman–Crippen MR) is 171 cm³/mol. The molecular formula is C37H34N2O7. The van der Waals surface area contributed by atoms with E-state index >= 15 is 0 Å². The van der Waals surface area contributed by atoms with Crippen molar-refractivity contribution in [3.63, 3.8) is 0 Å². The first-order chi connectivity index (χ1) is 22.3. The van der Waals surface area contributed by atoms with Crippen LogP contribution in [-0.2, 0) is 20.8 Å². The normalized spacial score (nSPS) is 20.7. The average molecular weight is 619 g/mol. The van der Waals surface area contributed by atoms with Gasteiger partial charge in [0.2, 0.25) is 0 Å². The first kappa shape index (κ1) is 31.1. The lowest BCUT2D eigenvalue weighted by Crippen LogP contribution is -2.43. The van der Waals surface area contributed by atoms with E-state index in [1.165, 1.54) is 18.2 Å². The Kier molecular flexibility index (Phi) is 9.18. The van der Waals surface area contributed by atoms with Gasteiger partial charge in [-0.2, -0.15) is 0 Å². The van der Waals surface area contributed by atoms with E-state index in [0.717, 1.165) is 16.7 Å². The number of nitrogens with one attached hydrogen (secondary N) is 1. The van der Waals surface area contributed by atoms with E-state index in [1.807, 2.05) is 67.7 Å². The molecule has 2 aliphatic rings. The standard InChI is InChI=1S/C37H34N2O7/c1-3-18-39(2)21-31-32(24-8-5-4-6-9-24)33(25-14-12-23(22-40)13-15-25)45-37(44-31)27-10-7-11-28(19-27)38-34(41)26-16-17-29-30(20-26)36(43)46-35(29)42/h3-17,19-20,31-33,37,40H,1,18,21-22H2,2H3,(H,38,41). The molecule has 1 fully saturated rings. The van der Waals surface area contributed by atoms with Gasteiger partial charge in [-0.1, -0.05) is 72.8 Å². The minimum Gasteiger partial charge on any atom is -0.392 e. The van der Waals surface area contributed by atoms with Crippen molar-refractivity contribution in [2.75, 3.05) is 25.5 Å². The summed E-state index contributed by atoms with van der Waals surface area (Å²) in [5.74, 6) is -2.09. The number of hydrogen-bond donors (Lipinski definition) is 2. The van der Waals surface area contributed by atoms with Crippen LogP contribution in [0.15, 0.2) is 110 Å². The van der Waals surface area contributed by atoms with Gasteiger partial charge < -0.3 is 29.5 Å². The second-order valence-electron chi connectivity index (χ2n) is 11.4. The number of amides is 1. The monoisotopic (exact) mass is 618 g/mol. The van der Waals surface area contributed by atoms with E-state index in [-0.39, 0.29) is 41.4 Å². The molecule has 2 N–H and O–H groups in total.